The van der Waals surface area contributed by atoms with Gasteiger partial charge in [0.15, 0.2) is 0 Å². The SMILES string of the molecule is COc1ccc(C(=O)N2CC(N(Cc3ccccn3)S(C)(=O)=O)C2)c(OC)n1. The van der Waals surface area contributed by atoms with E-state index in [-0.39, 0.29) is 37.5 Å². The molecular formula is C18H22N4O5S. The molecule has 2 aromatic heterocycles. The summed E-state index contributed by atoms with van der Waals surface area (Å²) in [6.45, 7) is 0.738. The van der Waals surface area contributed by atoms with Crippen molar-refractivity contribution >= 4 is 15.9 Å². The zero-order valence-electron chi connectivity index (χ0n) is 15.9. The van der Waals surface area contributed by atoms with E-state index in [1.807, 2.05) is 6.07 Å². The predicted molar refractivity (Wildman–Crippen MR) is 102 cm³/mol. The van der Waals surface area contributed by atoms with Gasteiger partial charge in [0.25, 0.3) is 5.91 Å². The maximum atomic E-state index is 12.8. The fraction of sp³-hybridized carbons (Fsp3) is 0.389. The van der Waals surface area contributed by atoms with Crippen molar-refractivity contribution in [1.29, 1.82) is 0 Å². The molecule has 1 aliphatic rings. The topological polar surface area (TPSA) is 102 Å². The molecule has 0 saturated carbocycles. The van der Waals surface area contributed by atoms with Crippen molar-refractivity contribution in [1.82, 2.24) is 19.2 Å². The Morgan fingerprint density at radius 2 is 1.96 bits per heavy atom. The number of nitrogens with zero attached hydrogens (tertiary/aromatic N) is 4. The summed E-state index contributed by atoms with van der Waals surface area (Å²) in [5.41, 5.74) is 0.955. The van der Waals surface area contributed by atoms with E-state index in [1.165, 1.54) is 18.5 Å². The summed E-state index contributed by atoms with van der Waals surface area (Å²) in [7, 11) is -0.554. The number of hydrogen-bond acceptors (Lipinski definition) is 7. The van der Waals surface area contributed by atoms with Gasteiger partial charge in [-0.15, -0.1) is 0 Å². The van der Waals surface area contributed by atoms with Crippen LogP contribution in [0.3, 0.4) is 0 Å². The molecule has 0 radical (unpaired) electrons. The van der Waals surface area contributed by atoms with Crippen molar-refractivity contribution in [3.05, 3.63) is 47.8 Å². The summed E-state index contributed by atoms with van der Waals surface area (Å²) in [5.74, 6) is 0.240. The Labute approximate surface area is 164 Å². The minimum atomic E-state index is -3.46. The average Bonchev–Trinajstić information content (AvgIpc) is 2.65. The van der Waals surface area contributed by atoms with Crippen LogP contribution in [0.4, 0.5) is 0 Å². The van der Waals surface area contributed by atoms with Crippen LogP contribution in [-0.2, 0) is 16.6 Å². The molecule has 0 atom stereocenters. The number of pyridine rings is 2. The van der Waals surface area contributed by atoms with E-state index in [9.17, 15) is 13.2 Å². The number of hydrogen-bond donors (Lipinski definition) is 0. The molecule has 0 N–H and O–H groups in total. The first kappa shape index (κ1) is 20.0. The van der Waals surface area contributed by atoms with Gasteiger partial charge in [-0.3, -0.25) is 9.78 Å². The van der Waals surface area contributed by atoms with Crippen LogP contribution in [0.15, 0.2) is 36.5 Å². The Kier molecular flexibility index (Phi) is 5.80. The van der Waals surface area contributed by atoms with Crippen molar-refractivity contribution in [2.24, 2.45) is 0 Å². The molecule has 1 amide bonds. The lowest BCUT2D eigenvalue weighted by Crippen LogP contribution is -2.61. The van der Waals surface area contributed by atoms with Crippen molar-refractivity contribution < 1.29 is 22.7 Å². The second kappa shape index (κ2) is 8.11. The number of carbonyl (C=O) groups excluding carboxylic acids is 1. The van der Waals surface area contributed by atoms with Gasteiger partial charge in [-0.2, -0.15) is 9.29 Å². The molecule has 3 rings (SSSR count). The van der Waals surface area contributed by atoms with E-state index in [0.29, 0.717) is 17.1 Å². The van der Waals surface area contributed by atoms with Gasteiger partial charge in [-0.05, 0) is 18.2 Å². The minimum absolute atomic E-state index is 0.166. The van der Waals surface area contributed by atoms with E-state index in [4.69, 9.17) is 9.47 Å². The van der Waals surface area contributed by atoms with Crippen molar-refractivity contribution in [3.8, 4) is 11.8 Å². The molecule has 2 aromatic rings. The van der Waals surface area contributed by atoms with E-state index >= 15 is 0 Å². The van der Waals surface area contributed by atoms with Crippen molar-refractivity contribution in [2.75, 3.05) is 33.6 Å². The Morgan fingerprint density at radius 3 is 2.54 bits per heavy atom. The lowest BCUT2D eigenvalue weighted by molar-refractivity contribution is 0.0438. The lowest BCUT2D eigenvalue weighted by atomic mass is 10.1. The first-order chi connectivity index (χ1) is 13.3. The van der Waals surface area contributed by atoms with Gasteiger partial charge < -0.3 is 14.4 Å². The average molecular weight is 406 g/mol. The highest BCUT2D eigenvalue weighted by molar-refractivity contribution is 7.88. The van der Waals surface area contributed by atoms with Gasteiger partial charge in [0.2, 0.25) is 21.8 Å². The van der Waals surface area contributed by atoms with Crippen LogP contribution in [0.1, 0.15) is 16.1 Å². The minimum Gasteiger partial charge on any atom is -0.481 e. The maximum absolute atomic E-state index is 12.8. The number of methoxy groups -OCH3 is 2. The zero-order chi connectivity index (χ0) is 20.3. The Balaban J connectivity index is 1.72. The van der Waals surface area contributed by atoms with E-state index in [1.54, 1.807) is 35.4 Å². The zero-order valence-corrected chi connectivity index (χ0v) is 16.7. The Bertz CT molecular complexity index is 946. The Hall–Kier alpha value is -2.72. The molecule has 28 heavy (non-hydrogen) atoms. The molecule has 10 heteroatoms. The third-order valence-corrected chi connectivity index (χ3v) is 5.77. The highest BCUT2D eigenvalue weighted by Crippen LogP contribution is 2.26. The third kappa shape index (κ3) is 4.23. The third-order valence-electron chi connectivity index (χ3n) is 4.49. The molecular weight excluding hydrogens is 384 g/mol. The molecule has 150 valence electrons. The molecule has 0 bridgehead atoms. The highest BCUT2D eigenvalue weighted by Gasteiger charge is 2.40. The van der Waals surface area contributed by atoms with Crippen LogP contribution < -0.4 is 9.47 Å². The van der Waals surface area contributed by atoms with Crippen molar-refractivity contribution in [3.63, 3.8) is 0 Å². The van der Waals surface area contributed by atoms with Gasteiger partial charge in [-0.1, -0.05) is 6.07 Å². The van der Waals surface area contributed by atoms with Crippen LogP contribution in [-0.4, -0.2) is 73.1 Å². The van der Waals surface area contributed by atoms with Crippen LogP contribution in [0.25, 0.3) is 0 Å². The number of rotatable bonds is 7. The number of ether oxygens (including phenoxy) is 2. The van der Waals surface area contributed by atoms with Crippen LogP contribution >= 0.6 is 0 Å². The van der Waals surface area contributed by atoms with Gasteiger partial charge in [-0.25, -0.2) is 8.42 Å². The first-order valence-electron chi connectivity index (χ1n) is 8.58. The first-order valence-corrected chi connectivity index (χ1v) is 10.4. The second-order valence-corrected chi connectivity index (χ2v) is 8.34. The molecule has 0 aromatic carbocycles. The summed E-state index contributed by atoms with van der Waals surface area (Å²) < 4.78 is 36.1. The fourth-order valence-electron chi connectivity index (χ4n) is 3.00. The predicted octanol–water partition coefficient (Wildman–Crippen LogP) is 0.780. The maximum Gasteiger partial charge on any atom is 0.259 e. The van der Waals surface area contributed by atoms with E-state index in [0.717, 1.165) is 6.26 Å². The van der Waals surface area contributed by atoms with Gasteiger partial charge >= 0.3 is 0 Å². The molecule has 0 spiro atoms. The number of carbonyl (C=O) groups is 1. The fourth-order valence-corrected chi connectivity index (χ4v) is 4.04. The number of aromatic nitrogens is 2. The summed E-state index contributed by atoms with van der Waals surface area (Å²) in [4.78, 5) is 22.6. The van der Waals surface area contributed by atoms with Crippen LogP contribution in [0.2, 0.25) is 0 Å². The van der Waals surface area contributed by atoms with Crippen molar-refractivity contribution in [2.45, 2.75) is 12.6 Å². The molecule has 0 unspecified atom stereocenters. The number of sulfonamides is 1. The second-order valence-electron chi connectivity index (χ2n) is 6.40. The van der Waals surface area contributed by atoms with Crippen LogP contribution in [0, 0.1) is 0 Å². The summed E-state index contributed by atoms with van der Waals surface area (Å²) in [6.07, 6.45) is 2.78. The normalized spacial score (nSPS) is 14.6. The molecule has 0 aliphatic carbocycles. The molecule has 1 fully saturated rings. The monoisotopic (exact) mass is 406 g/mol. The molecule has 9 nitrogen and oxygen atoms in total. The summed E-state index contributed by atoms with van der Waals surface area (Å²) >= 11 is 0. The van der Waals surface area contributed by atoms with E-state index in [2.05, 4.69) is 9.97 Å². The molecule has 3 heterocycles. The van der Waals surface area contributed by atoms with Crippen LogP contribution in [0.5, 0.6) is 11.8 Å². The summed E-state index contributed by atoms with van der Waals surface area (Å²) in [5, 5.41) is 0. The molecule has 1 aliphatic heterocycles. The Morgan fingerprint density at radius 1 is 1.21 bits per heavy atom. The van der Waals surface area contributed by atoms with E-state index < -0.39 is 10.0 Å². The summed E-state index contributed by atoms with van der Waals surface area (Å²) in [6, 6.07) is 8.21. The smallest absolute Gasteiger partial charge is 0.259 e. The van der Waals surface area contributed by atoms with Gasteiger partial charge in [0.1, 0.15) is 5.56 Å². The van der Waals surface area contributed by atoms with Gasteiger partial charge in [0, 0.05) is 25.4 Å². The highest BCUT2D eigenvalue weighted by atomic mass is 32.2. The largest absolute Gasteiger partial charge is 0.481 e. The standard InChI is InChI=1S/C18H22N4O5S/c1-26-16-8-7-15(17(20-16)27-2)18(23)21-11-14(12-21)22(28(3,24)25)10-13-6-4-5-9-19-13/h4-9,14H,10-12H2,1-3H3. The quantitative estimate of drug-likeness (QED) is 0.669. The lowest BCUT2D eigenvalue weighted by Gasteiger charge is -2.44. The number of amides is 1. The van der Waals surface area contributed by atoms with Gasteiger partial charge in [0.05, 0.1) is 38.8 Å². The number of likely N-dealkylation sites (tertiary alicyclic amines) is 1. The molecule has 1 saturated heterocycles.